The first kappa shape index (κ1) is 20.8. The van der Waals surface area contributed by atoms with Crippen molar-refractivity contribution in [3.8, 4) is 0 Å². The van der Waals surface area contributed by atoms with Crippen LogP contribution in [0.5, 0.6) is 0 Å². The average Bonchev–Trinajstić information content (AvgIpc) is 2.60. The van der Waals surface area contributed by atoms with E-state index in [1.54, 1.807) is 12.1 Å². The van der Waals surface area contributed by atoms with Crippen LogP contribution in [0.2, 0.25) is 5.02 Å². The lowest BCUT2D eigenvalue weighted by molar-refractivity contribution is 0.0523. The molecule has 0 saturated heterocycles. The average molecular weight is 389 g/mol. The van der Waals surface area contributed by atoms with E-state index in [1.165, 1.54) is 0 Å². The quantitative estimate of drug-likeness (QED) is 0.773. The molecular weight excluding hydrogens is 364 g/mol. The first-order valence-electron chi connectivity index (χ1n) is 8.81. The van der Waals surface area contributed by atoms with Gasteiger partial charge in [-0.05, 0) is 62.6 Å². The molecule has 0 saturated carbocycles. The maximum absolute atomic E-state index is 12.2. The highest BCUT2D eigenvalue weighted by molar-refractivity contribution is 6.30. The van der Waals surface area contributed by atoms with Gasteiger partial charge in [-0.3, -0.25) is 4.79 Å². The number of benzene rings is 2. The van der Waals surface area contributed by atoms with Crippen molar-refractivity contribution in [3.05, 3.63) is 70.2 Å². The van der Waals surface area contributed by atoms with Crippen LogP contribution in [0.15, 0.2) is 48.5 Å². The van der Waals surface area contributed by atoms with Crippen molar-refractivity contribution in [2.45, 2.75) is 39.3 Å². The fourth-order valence-electron chi connectivity index (χ4n) is 2.34. The van der Waals surface area contributed by atoms with Crippen LogP contribution < -0.4 is 10.6 Å². The second-order valence-electron chi connectivity index (χ2n) is 7.18. The molecule has 0 atom stereocenters. The summed E-state index contributed by atoms with van der Waals surface area (Å²) in [6.45, 7) is 6.32. The zero-order chi connectivity index (χ0) is 19.9. The Morgan fingerprint density at radius 1 is 0.926 bits per heavy atom. The molecule has 0 aliphatic rings. The Kier molecular flexibility index (Phi) is 7.25. The molecule has 0 aliphatic heterocycles. The molecule has 2 aromatic rings. The topological polar surface area (TPSA) is 67.4 Å². The minimum absolute atomic E-state index is 0.129. The first-order valence-corrected chi connectivity index (χ1v) is 9.19. The van der Waals surface area contributed by atoms with Crippen molar-refractivity contribution in [2.24, 2.45) is 0 Å². The summed E-state index contributed by atoms with van der Waals surface area (Å²) in [4.78, 5) is 23.9. The molecule has 144 valence electrons. The summed E-state index contributed by atoms with van der Waals surface area (Å²) >= 11 is 5.86. The molecular formula is C21H25ClN2O3. The van der Waals surface area contributed by atoms with Gasteiger partial charge in [-0.1, -0.05) is 35.9 Å². The van der Waals surface area contributed by atoms with Crippen LogP contribution in [-0.2, 0) is 17.7 Å². The molecule has 2 rings (SSSR count). The normalized spacial score (nSPS) is 11.0. The second kappa shape index (κ2) is 9.42. The van der Waals surface area contributed by atoms with Crippen molar-refractivity contribution >= 4 is 23.6 Å². The zero-order valence-corrected chi connectivity index (χ0v) is 16.6. The van der Waals surface area contributed by atoms with E-state index >= 15 is 0 Å². The number of ether oxygens (including phenoxy) is 1. The Morgan fingerprint density at radius 3 is 2.11 bits per heavy atom. The van der Waals surface area contributed by atoms with Gasteiger partial charge in [-0.15, -0.1) is 0 Å². The Labute approximate surface area is 165 Å². The molecule has 6 heteroatoms. The summed E-state index contributed by atoms with van der Waals surface area (Å²) in [7, 11) is 0. The van der Waals surface area contributed by atoms with Crippen LogP contribution in [0.4, 0.5) is 4.79 Å². The van der Waals surface area contributed by atoms with Crippen LogP contribution in [-0.4, -0.2) is 24.1 Å². The minimum Gasteiger partial charge on any atom is -0.444 e. The van der Waals surface area contributed by atoms with Crippen LogP contribution in [0.1, 0.15) is 42.3 Å². The molecule has 0 heterocycles. The Morgan fingerprint density at radius 2 is 1.52 bits per heavy atom. The van der Waals surface area contributed by atoms with E-state index in [2.05, 4.69) is 10.6 Å². The Bertz CT molecular complexity index is 766. The van der Waals surface area contributed by atoms with Crippen LogP contribution in [0.25, 0.3) is 0 Å². The number of nitrogens with one attached hydrogen (secondary N) is 2. The molecule has 5 nitrogen and oxygen atoms in total. The SMILES string of the molecule is CC(C)(C)OC(=O)NCc1ccc(C(=O)NCCc2ccc(Cl)cc2)cc1. The predicted octanol–water partition coefficient (Wildman–Crippen LogP) is 4.34. The van der Waals surface area contributed by atoms with E-state index in [4.69, 9.17) is 16.3 Å². The molecule has 2 aromatic carbocycles. The van der Waals surface area contributed by atoms with Gasteiger partial charge in [0, 0.05) is 23.7 Å². The number of hydrogen-bond donors (Lipinski definition) is 2. The van der Waals surface area contributed by atoms with Gasteiger partial charge in [0.2, 0.25) is 0 Å². The van der Waals surface area contributed by atoms with E-state index in [9.17, 15) is 9.59 Å². The Hall–Kier alpha value is -2.53. The molecule has 0 spiro atoms. The number of rotatable bonds is 6. The third-order valence-electron chi connectivity index (χ3n) is 3.66. The molecule has 0 radical (unpaired) electrons. The van der Waals surface area contributed by atoms with Gasteiger partial charge in [0.1, 0.15) is 5.60 Å². The van der Waals surface area contributed by atoms with Gasteiger partial charge in [-0.25, -0.2) is 4.79 Å². The largest absolute Gasteiger partial charge is 0.444 e. The van der Waals surface area contributed by atoms with Gasteiger partial charge in [0.15, 0.2) is 0 Å². The van der Waals surface area contributed by atoms with E-state index in [-0.39, 0.29) is 5.91 Å². The number of alkyl carbamates (subject to hydrolysis) is 1. The monoisotopic (exact) mass is 388 g/mol. The molecule has 27 heavy (non-hydrogen) atoms. The van der Waals surface area contributed by atoms with Gasteiger partial charge < -0.3 is 15.4 Å². The van der Waals surface area contributed by atoms with E-state index < -0.39 is 11.7 Å². The van der Waals surface area contributed by atoms with Crippen molar-refractivity contribution < 1.29 is 14.3 Å². The third-order valence-corrected chi connectivity index (χ3v) is 3.92. The highest BCUT2D eigenvalue weighted by Gasteiger charge is 2.15. The highest BCUT2D eigenvalue weighted by atomic mass is 35.5. The standard InChI is InChI=1S/C21H25ClN2O3/c1-21(2,3)27-20(26)24-14-16-4-8-17(9-5-16)19(25)23-13-12-15-6-10-18(22)11-7-15/h4-11H,12-14H2,1-3H3,(H,23,25)(H,24,26). The van der Waals surface area contributed by atoms with Gasteiger partial charge >= 0.3 is 6.09 Å². The lowest BCUT2D eigenvalue weighted by atomic mass is 10.1. The summed E-state index contributed by atoms with van der Waals surface area (Å²) < 4.78 is 5.19. The van der Waals surface area contributed by atoms with E-state index in [1.807, 2.05) is 57.2 Å². The molecule has 2 amide bonds. The lowest BCUT2D eigenvalue weighted by Gasteiger charge is -2.19. The summed E-state index contributed by atoms with van der Waals surface area (Å²) in [5.41, 5.74) is 2.05. The summed E-state index contributed by atoms with van der Waals surface area (Å²) in [5, 5.41) is 6.28. The van der Waals surface area contributed by atoms with Gasteiger partial charge in [0.05, 0.1) is 0 Å². The van der Waals surface area contributed by atoms with Crippen molar-refractivity contribution in [3.63, 3.8) is 0 Å². The summed E-state index contributed by atoms with van der Waals surface area (Å²) in [6.07, 6.45) is 0.271. The van der Waals surface area contributed by atoms with Crippen LogP contribution in [0.3, 0.4) is 0 Å². The molecule has 0 unspecified atom stereocenters. The third kappa shape index (κ3) is 7.71. The smallest absolute Gasteiger partial charge is 0.407 e. The minimum atomic E-state index is -0.530. The molecule has 0 aromatic heterocycles. The molecule has 0 bridgehead atoms. The number of amides is 2. The fraction of sp³-hybridized carbons (Fsp3) is 0.333. The molecule has 0 aliphatic carbocycles. The van der Waals surface area contributed by atoms with Gasteiger partial charge in [-0.2, -0.15) is 0 Å². The van der Waals surface area contributed by atoms with Crippen molar-refractivity contribution in [1.82, 2.24) is 10.6 Å². The van der Waals surface area contributed by atoms with Gasteiger partial charge in [0.25, 0.3) is 5.91 Å². The summed E-state index contributed by atoms with van der Waals surface area (Å²) in [6, 6.07) is 14.7. The number of carbonyl (C=O) groups excluding carboxylic acids is 2. The number of carbonyl (C=O) groups is 2. The van der Waals surface area contributed by atoms with Crippen molar-refractivity contribution in [2.75, 3.05) is 6.54 Å². The van der Waals surface area contributed by atoms with Crippen molar-refractivity contribution in [1.29, 1.82) is 0 Å². The first-order chi connectivity index (χ1) is 12.7. The number of halogens is 1. The highest BCUT2D eigenvalue weighted by Crippen LogP contribution is 2.10. The van der Waals surface area contributed by atoms with Crippen LogP contribution >= 0.6 is 11.6 Å². The van der Waals surface area contributed by atoms with E-state index in [0.717, 1.165) is 17.5 Å². The maximum Gasteiger partial charge on any atom is 0.407 e. The fourth-order valence-corrected chi connectivity index (χ4v) is 2.46. The van der Waals surface area contributed by atoms with E-state index in [0.29, 0.717) is 23.7 Å². The summed E-state index contributed by atoms with van der Waals surface area (Å²) in [5.74, 6) is -0.129. The molecule has 2 N–H and O–H groups in total. The predicted molar refractivity (Wildman–Crippen MR) is 107 cm³/mol. The lowest BCUT2D eigenvalue weighted by Crippen LogP contribution is -2.32. The zero-order valence-electron chi connectivity index (χ0n) is 15.8. The number of hydrogen-bond acceptors (Lipinski definition) is 3. The second-order valence-corrected chi connectivity index (χ2v) is 7.62. The Balaban J connectivity index is 1.77. The maximum atomic E-state index is 12.2. The van der Waals surface area contributed by atoms with Crippen LogP contribution in [0, 0.1) is 0 Å². The molecule has 0 fully saturated rings.